The lowest BCUT2D eigenvalue weighted by Crippen LogP contribution is -2.28. The van der Waals surface area contributed by atoms with Gasteiger partial charge in [-0.2, -0.15) is 0 Å². The third-order valence-electron chi connectivity index (χ3n) is 4.71. The summed E-state index contributed by atoms with van der Waals surface area (Å²) in [6.45, 7) is 6.69. The molecule has 3 rings (SSSR count). The second kappa shape index (κ2) is 4.82. The summed E-state index contributed by atoms with van der Waals surface area (Å²) in [5.74, 6) is 0. The van der Waals surface area contributed by atoms with Crippen molar-refractivity contribution in [3.63, 3.8) is 0 Å². The topological polar surface area (TPSA) is 3.24 Å². The second-order valence-electron chi connectivity index (χ2n) is 5.75. The van der Waals surface area contributed by atoms with E-state index in [9.17, 15) is 0 Å². The molecule has 1 saturated heterocycles. The lowest BCUT2D eigenvalue weighted by molar-refractivity contribution is 0.377. The van der Waals surface area contributed by atoms with E-state index in [1.54, 1.807) is 0 Å². The standard InChI is InChI=1S/C19H21N/c1-15-14-19(16(2)20(15)3,17-10-6-4-7-11-17)18-12-8-5-9-13-18/h4-13,15H,2,14H2,1,3H3. The summed E-state index contributed by atoms with van der Waals surface area (Å²) in [4.78, 5) is 2.32. The number of nitrogens with zero attached hydrogens (tertiary/aromatic N) is 1. The smallest absolute Gasteiger partial charge is 0.0613 e. The molecule has 1 fully saturated rings. The van der Waals surface area contributed by atoms with E-state index >= 15 is 0 Å². The van der Waals surface area contributed by atoms with Gasteiger partial charge in [0, 0.05) is 18.8 Å². The summed E-state index contributed by atoms with van der Waals surface area (Å²) in [7, 11) is 2.15. The van der Waals surface area contributed by atoms with Crippen LogP contribution in [0.3, 0.4) is 0 Å². The lowest BCUT2D eigenvalue weighted by Gasteiger charge is -2.32. The minimum atomic E-state index is -0.0866. The molecular formula is C19H21N. The van der Waals surface area contributed by atoms with Gasteiger partial charge in [0.15, 0.2) is 0 Å². The Kier molecular flexibility index (Phi) is 3.13. The average Bonchev–Trinajstić information content (AvgIpc) is 2.74. The monoisotopic (exact) mass is 263 g/mol. The highest BCUT2D eigenvalue weighted by Crippen LogP contribution is 2.49. The molecule has 0 radical (unpaired) electrons. The molecule has 1 unspecified atom stereocenters. The van der Waals surface area contributed by atoms with Crippen molar-refractivity contribution in [2.75, 3.05) is 7.05 Å². The Bertz CT molecular complexity index is 561. The molecule has 0 aliphatic carbocycles. The fraction of sp³-hybridized carbons (Fsp3) is 0.263. The van der Waals surface area contributed by atoms with Crippen LogP contribution >= 0.6 is 0 Å². The summed E-state index contributed by atoms with van der Waals surface area (Å²) in [5.41, 5.74) is 3.79. The van der Waals surface area contributed by atoms with Gasteiger partial charge in [-0.05, 0) is 24.5 Å². The summed E-state index contributed by atoms with van der Waals surface area (Å²) in [5, 5.41) is 0. The number of rotatable bonds is 2. The van der Waals surface area contributed by atoms with Gasteiger partial charge >= 0.3 is 0 Å². The van der Waals surface area contributed by atoms with E-state index in [4.69, 9.17) is 0 Å². The Morgan fingerprint density at radius 2 is 1.40 bits per heavy atom. The van der Waals surface area contributed by atoms with E-state index in [-0.39, 0.29) is 5.41 Å². The van der Waals surface area contributed by atoms with Crippen molar-refractivity contribution in [2.24, 2.45) is 0 Å². The van der Waals surface area contributed by atoms with Crippen molar-refractivity contribution in [1.82, 2.24) is 4.90 Å². The minimum Gasteiger partial charge on any atom is -0.375 e. The van der Waals surface area contributed by atoms with Crippen molar-refractivity contribution in [3.8, 4) is 0 Å². The Balaban J connectivity index is 2.22. The average molecular weight is 263 g/mol. The van der Waals surface area contributed by atoms with Gasteiger partial charge in [-0.25, -0.2) is 0 Å². The molecule has 1 aliphatic rings. The molecule has 1 heteroatoms. The van der Waals surface area contributed by atoms with Crippen molar-refractivity contribution < 1.29 is 0 Å². The summed E-state index contributed by atoms with van der Waals surface area (Å²) >= 11 is 0. The number of hydrogen-bond donors (Lipinski definition) is 0. The molecule has 1 nitrogen and oxygen atoms in total. The zero-order valence-electron chi connectivity index (χ0n) is 12.2. The van der Waals surface area contributed by atoms with Gasteiger partial charge in [-0.15, -0.1) is 0 Å². The molecule has 0 N–H and O–H groups in total. The van der Waals surface area contributed by atoms with Gasteiger partial charge < -0.3 is 4.90 Å². The molecule has 2 aromatic rings. The number of likely N-dealkylation sites (tertiary alicyclic amines) is 1. The van der Waals surface area contributed by atoms with Crippen LogP contribution in [-0.2, 0) is 5.41 Å². The predicted octanol–water partition coefficient (Wildman–Crippen LogP) is 4.21. The third kappa shape index (κ3) is 1.77. The molecule has 0 spiro atoms. The predicted molar refractivity (Wildman–Crippen MR) is 84.6 cm³/mol. The first-order valence-corrected chi connectivity index (χ1v) is 7.19. The number of benzene rings is 2. The molecule has 0 saturated carbocycles. The SMILES string of the molecule is C=C1N(C)C(C)CC1(c1ccccc1)c1ccccc1. The second-order valence-corrected chi connectivity index (χ2v) is 5.75. The van der Waals surface area contributed by atoms with Crippen molar-refractivity contribution in [3.05, 3.63) is 84.1 Å². The van der Waals surface area contributed by atoms with Crippen molar-refractivity contribution >= 4 is 0 Å². The summed E-state index contributed by atoms with van der Waals surface area (Å²) in [6.07, 6.45) is 1.08. The van der Waals surface area contributed by atoms with Crippen LogP contribution in [0.15, 0.2) is 72.9 Å². The Hall–Kier alpha value is -2.02. The molecule has 1 atom stereocenters. The van der Waals surface area contributed by atoms with Gasteiger partial charge in [-0.1, -0.05) is 67.2 Å². The number of allylic oxidation sites excluding steroid dienone is 1. The normalized spacial score (nSPS) is 21.2. The Labute approximate surface area is 121 Å². The van der Waals surface area contributed by atoms with Crippen molar-refractivity contribution in [1.29, 1.82) is 0 Å². The lowest BCUT2D eigenvalue weighted by atomic mass is 9.71. The maximum Gasteiger partial charge on any atom is 0.0613 e. The molecule has 2 aromatic carbocycles. The zero-order chi connectivity index (χ0) is 14.2. The molecule has 0 bridgehead atoms. The minimum absolute atomic E-state index is 0.0866. The van der Waals surface area contributed by atoms with Crippen LogP contribution in [0.5, 0.6) is 0 Å². The fourth-order valence-corrected chi connectivity index (χ4v) is 3.45. The third-order valence-corrected chi connectivity index (χ3v) is 4.71. The summed E-state index contributed by atoms with van der Waals surface area (Å²) < 4.78 is 0. The van der Waals surface area contributed by atoms with E-state index in [2.05, 4.69) is 86.1 Å². The van der Waals surface area contributed by atoms with E-state index < -0.39 is 0 Å². The van der Waals surface area contributed by atoms with E-state index in [1.165, 1.54) is 16.8 Å². The van der Waals surface area contributed by atoms with Crippen LogP contribution in [-0.4, -0.2) is 18.0 Å². The molecule has 0 amide bonds. The maximum absolute atomic E-state index is 4.42. The van der Waals surface area contributed by atoms with Crippen molar-refractivity contribution in [2.45, 2.75) is 24.8 Å². The van der Waals surface area contributed by atoms with E-state index in [1.807, 2.05) is 0 Å². The highest BCUT2D eigenvalue weighted by Gasteiger charge is 2.46. The largest absolute Gasteiger partial charge is 0.375 e. The van der Waals surface area contributed by atoms with E-state index in [0.29, 0.717) is 6.04 Å². The Morgan fingerprint density at radius 3 is 1.75 bits per heavy atom. The number of likely N-dealkylation sites (N-methyl/N-ethyl adjacent to an activating group) is 1. The quantitative estimate of drug-likeness (QED) is 0.784. The van der Waals surface area contributed by atoms with Gasteiger partial charge in [0.1, 0.15) is 0 Å². The fourth-order valence-electron chi connectivity index (χ4n) is 3.45. The van der Waals surface area contributed by atoms with Gasteiger partial charge in [0.05, 0.1) is 5.41 Å². The first-order chi connectivity index (χ1) is 9.66. The molecule has 0 aromatic heterocycles. The molecule has 20 heavy (non-hydrogen) atoms. The van der Waals surface area contributed by atoms with Crippen LogP contribution in [0.2, 0.25) is 0 Å². The first-order valence-electron chi connectivity index (χ1n) is 7.19. The highest BCUT2D eigenvalue weighted by atomic mass is 15.2. The van der Waals surface area contributed by atoms with Crippen LogP contribution in [0.25, 0.3) is 0 Å². The van der Waals surface area contributed by atoms with Crippen LogP contribution in [0, 0.1) is 0 Å². The van der Waals surface area contributed by atoms with Crippen LogP contribution in [0.1, 0.15) is 24.5 Å². The summed E-state index contributed by atoms with van der Waals surface area (Å²) in [6, 6.07) is 22.0. The van der Waals surface area contributed by atoms with Crippen LogP contribution < -0.4 is 0 Å². The molecule has 102 valence electrons. The molecule has 1 heterocycles. The Morgan fingerprint density at radius 1 is 0.950 bits per heavy atom. The van der Waals surface area contributed by atoms with Gasteiger partial charge in [-0.3, -0.25) is 0 Å². The maximum atomic E-state index is 4.42. The highest BCUT2D eigenvalue weighted by molar-refractivity contribution is 5.49. The van der Waals surface area contributed by atoms with E-state index in [0.717, 1.165) is 6.42 Å². The first kappa shape index (κ1) is 13.0. The molecular weight excluding hydrogens is 242 g/mol. The molecule has 1 aliphatic heterocycles. The number of hydrogen-bond acceptors (Lipinski definition) is 1. The van der Waals surface area contributed by atoms with Gasteiger partial charge in [0.2, 0.25) is 0 Å². The van der Waals surface area contributed by atoms with Gasteiger partial charge in [0.25, 0.3) is 0 Å². The van der Waals surface area contributed by atoms with Crippen LogP contribution in [0.4, 0.5) is 0 Å². The zero-order valence-corrected chi connectivity index (χ0v) is 12.2.